The van der Waals surface area contributed by atoms with Crippen molar-refractivity contribution in [3.8, 4) is 0 Å². The highest BCUT2D eigenvalue weighted by Gasteiger charge is 2.39. The zero-order valence-corrected chi connectivity index (χ0v) is 19.5. The minimum absolute atomic E-state index is 0.142. The molecule has 2 fully saturated rings. The summed E-state index contributed by atoms with van der Waals surface area (Å²) >= 11 is 12.7. The topological polar surface area (TPSA) is 73.0 Å². The fourth-order valence-corrected chi connectivity index (χ4v) is 5.54. The van der Waals surface area contributed by atoms with Crippen LogP contribution in [-0.4, -0.2) is 59.7 Å². The highest BCUT2D eigenvalue weighted by Crippen LogP contribution is 2.34. The molecule has 3 aliphatic rings. The fourth-order valence-electron chi connectivity index (χ4n) is 4.91. The Labute approximate surface area is 202 Å². The number of anilines is 1. The van der Waals surface area contributed by atoms with E-state index in [0.717, 1.165) is 49.5 Å². The number of hydrogen-bond acceptors (Lipinski definition) is 5. The molecule has 1 unspecified atom stereocenters. The van der Waals surface area contributed by atoms with Crippen molar-refractivity contribution in [1.29, 1.82) is 0 Å². The van der Waals surface area contributed by atoms with Gasteiger partial charge in [-0.1, -0.05) is 41.4 Å². The van der Waals surface area contributed by atoms with Crippen molar-refractivity contribution < 1.29 is 14.4 Å². The number of halogens is 2. The molecule has 3 amide bonds. The first-order chi connectivity index (χ1) is 15.9. The number of carbonyl (C=O) groups is 3. The molecule has 33 heavy (non-hydrogen) atoms. The molecular weight excluding hydrogens is 463 g/mol. The van der Waals surface area contributed by atoms with Gasteiger partial charge < -0.3 is 9.80 Å². The molecule has 0 saturated carbocycles. The van der Waals surface area contributed by atoms with Crippen LogP contribution in [0.15, 0.2) is 36.4 Å². The van der Waals surface area contributed by atoms with Gasteiger partial charge in [0.15, 0.2) is 0 Å². The summed E-state index contributed by atoms with van der Waals surface area (Å²) in [6.07, 6.45) is 0.629. The number of piperidine rings is 1. The maximum atomic E-state index is 12.9. The van der Waals surface area contributed by atoms with Crippen LogP contribution in [0, 0.1) is 0 Å². The zero-order chi connectivity index (χ0) is 23.1. The van der Waals surface area contributed by atoms with Crippen molar-refractivity contribution in [1.82, 2.24) is 15.1 Å². The van der Waals surface area contributed by atoms with E-state index in [1.165, 1.54) is 0 Å². The van der Waals surface area contributed by atoms with Crippen LogP contribution in [-0.2, 0) is 22.7 Å². The van der Waals surface area contributed by atoms with Gasteiger partial charge in [0.1, 0.15) is 6.04 Å². The van der Waals surface area contributed by atoms with Gasteiger partial charge in [0, 0.05) is 51.3 Å². The standard InChI is InChI=1S/C24H24Cl2N4O3/c25-18-2-1-3-19(26)22(18)29-10-8-28(9-11-29)13-15-4-5-17-16(12-15)14-30(24(17)33)20-6-7-21(31)27-23(20)32/h1-5,12,20H,6-11,13-14H2,(H,27,31,32). The summed E-state index contributed by atoms with van der Waals surface area (Å²) in [6, 6.07) is 10.9. The first kappa shape index (κ1) is 22.2. The average molecular weight is 487 g/mol. The Hall–Kier alpha value is -2.61. The number of nitrogens with zero attached hydrogens (tertiary/aromatic N) is 3. The molecule has 3 aliphatic heterocycles. The Morgan fingerprint density at radius 3 is 2.39 bits per heavy atom. The summed E-state index contributed by atoms with van der Waals surface area (Å²) in [5, 5.41) is 3.68. The SMILES string of the molecule is O=C1CCC(N2Cc3cc(CN4CCN(c5c(Cl)cccc5Cl)CC4)ccc3C2=O)C(=O)N1. The van der Waals surface area contributed by atoms with E-state index in [1.807, 2.05) is 30.3 Å². The third kappa shape index (κ3) is 4.33. The monoisotopic (exact) mass is 486 g/mol. The number of amides is 3. The van der Waals surface area contributed by atoms with E-state index in [9.17, 15) is 14.4 Å². The summed E-state index contributed by atoms with van der Waals surface area (Å²) in [5.74, 6) is -0.806. The second kappa shape index (κ2) is 8.97. The van der Waals surface area contributed by atoms with Crippen molar-refractivity contribution in [2.45, 2.75) is 32.0 Å². The van der Waals surface area contributed by atoms with Crippen LogP contribution in [0.4, 0.5) is 5.69 Å². The average Bonchev–Trinajstić information content (AvgIpc) is 3.10. The number of nitrogens with one attached hydrogen (secondary N) is 1. The van der Waals surface area contributed by atoms with Crippen LogP contribution in [0.3, 0.4) is 0 Å². The lowest BCUT2D eigenvalue weighted by molar-refractivity contribution is -0.136. The van der Waals surface area contributed by atoms with Crippen LogP contribution < -0.4 is 10.2 Å². The second-order valence-electron chi connectivity index (χ2n) is 8.72. The van der Waals surface area contributed by atoms with Crippen LogP contribution in [0.25, 0.3) is 0 Å². The molecule has 0 spiro atoms. The zero-order valence-electron chi connectivity index (χ0n) is 18.0. The van der Waals surface area contributed by atoms with Crippen molar-refractivity contribution in [2.24, 2.45) is 0 Å². The van der Waals surface area contributed by atoms with E-state index in [0.29, 0.717) is 28.6 Å². The van der Waals surface area contributed by atoms with Gasteiger partial charge in [0.05, 0.1) is 15.7 Å². The largest absolute Gasteiger partial charge is 0.367 e. The molecular formula is C24H24Cl2N4O3. The summed E-state index contributed by atoms with van der Waals surface area (Å²) in [5.41, 5.74) is 3.60. The molecule has 0 radical (unpaired) electrons. The maximum Gasteiger partial charge on any atom is 0.255 e. The predicted molar refractivity (Wildman–Crippen MR) is 126 cm³/mol. The quantitative estimate of drug-likeness (QED) is 0.672. The van der Waals surface area contributed by atoms with Crippen molar-refractivity contribution >= 4 is 46.6 Å². The Balaban J connectivity index is 1.23. The Morgan fingerprint density at radius 2 is 1.70 bits per heavy atom. The number of imide groups is 1. The number of benzene rings is 2. The van der Waals surface area contributed by atoms with Gasteiger partial charge in [-0.05, 0) is 35.7 Å². The normalized spacial score (nSPS) is 21.4. The number of carbonyl (C=O) groups excluding carboxylic acids is 3. The minimum atomic E-state index is -0.587. The number of rotatable bonds is 4. The van der Waals surface area contributed by atoms with Crippen LogP contribution in [0.1, 0.15) is 34.3 Å². The third-order valence-corrected chi connectivity index (χ3v) is 7.23. The molecule has 0 aliphatic carbocycles. The van der Waals surface area contributed by atoms with Crippen molar-refractivity contribution in [2.75, 3.05) is 31.1 Å². The molecule has 0 aromatic heterocycles. The molecule has 5 rings (SSSR count). The molecule has 3 heterocycles. The highest BCUT2D eigenvalue weighted by atomic mass is 35.5. The predicted octanol–water partition coefficient (Wildman–Crippen LogP) is 3.08. The van der Waals surface area contributed by atoms with Gasteiger partial charge in [-0.25, -0.2) is 0 Å². The minimum Gasteiger partial charge on any atom is -0.367 e. The number of hydrogen-bond donors (Lipinski definition) is 1. The van der Waals surface area contributed by atoms with Gasteiger partial charge in [-0.2, -0.15) is 0 Å². The number of piperazine rings is 1. The van der Waals surface area contributed by atoms with E-state index in [2.05, 4.69) is 21.2 Å². The van der Waals surface area contributed by atoms with E-state index in [4.69, 9.17) is 23.2 Å². The smallest absolute Gasteiger partial charge is 0.255 e. The molecule has 0 bridgehead atoms. The second-order valence-corrected chi connectivity index (χ2v) is 9.54. The van der Waals surface area contributed by atoms with E-state index in [-0.39, 0.29) is 24.1 Å². The molecule has 172 valence electrons. The van der Waals surface area contributed by atoms with Crippen molar-refractivity contribution in [3.05, 3.63) is 63.1 Å². The first-order valence-corrected chi connectivity index (χ1v) is 11.8. The lowest BCUT2D eigenvalue weighted by Gasteiger charge is -2.37. The molecule has 1 N–H and O–H groups in total. The maximum absolute atomic E-state index is 12.9. The highest BCUT2D eigenvalue weighted by molar-refractivity contribution is 6.39. The van der Waals surface area contributed by atoms with Gasteiger partial charge in [-0.3, -0.25) is 24.6 Å². The fraction of sp³-hybridized carbons (Fsp3) is 0.375. The first-order valence-electron chi connectivity index (χ1n) is 11.1. The Morgan fingerprint density at radius 1 is 0.970 bits per heavy atom. The van der Waals surface area contributed by atoms with Gasteiger partial charge in [-0.15, -0.1) is 0 Å². The Bertz CT molecular complexity index is 1110. The number of fused-ring (bicyclic) bond motifs is 1. The third-order valence-electron chi connectivity index (χ3n) is 6.62. The molecule has 1 atom stereocenters. The molecule has 2 aromatic carbocycles. The van der Waals surface area contributed by atoms with Crippen LogP contribution in [0.2, 0.25) is 10.0 Å². The Kier molecular flexibility index (Phi) is 6.03. The molecule has 2 aromatic rings. The molecule has 7 nitrogen and oxygen atoms in total. The summed E-state index contributed by atoms with van der Waals surface area (Å²) in [6.45, 7) is 4.59. The van der Waals surface area contributed by atoms with Gasteiger partial charge in [0.2, 0.25) is 11.8 Å². The van der Waals surface area contributed by atoms with Crippen molar-refractivity contribution in [3.63, 3.8) is 0 Å². The van der Waals surface area contributed by atoms with E-state index < -0.39 is 6.04 Å². The lowest BCUT2D eigenvalue weighted by Crippen LogP contribution is -2.52. The van der Waals surface area contributed by atoms with Crippen LogP contribution in [0.5, 0.6) is 0 Å². The molecule has 9 heteroatoms. The van der Waals surface area contributed by atoms with E-state index >= 15 is 0 Å². The lowest BCUT2D eigenvalue weighted by atomic mass is 10.0. The van der Waals surface area contributed by atoms with Crippen LogP contribution >= 0.6 is 23.2 Å². The van der Waals surface area contributed by atoms with Gasteiger partial charge in [0.25, 0.3) is 5.91 Å². The molecule has 2 saturated heterocycles. The van der Waals surface area contributed by atoms with Gasteiger partial charge >= 0.3 is 0 Å². The summed E-state index contributed by atoms with van der Waals surface area (Å²) in [4.78, 5) is 42.7. The van der Waals surface area contributed by atoms with E-state index in [1.54, 1.807) is 4.90 Å². The summed E-state index contributed by atoms with van der Waals surface area (Å²) < 4.78 is 0. The summed E-state index contributed by atoms with van der Waals surface area (Å²) in [7, 11) is 0. The number of para-hydroxylation sites is 1.